The standard InChI is InChI=1S/C30H44N8O/c1-3-25(4-2)37-15-9-30(10-16-37)17-26(29(31)39)38(22-30)19-24-7-5-23(6-8-24)18-36(20-27-32-11-12-33-27)21-28-34-13-14-35-28/h5-8,11-14,25-26H,3-4,9-10,15-22H2,1-2H3,(H2,31,39)(H,32,33)(H,34,35). The Morgan fingerprint density at radius 1 is 1.00 bits per heavy atom. The zero-order chi connectivity index (χ0) is 27.2. The number of nitrogens with zero attached hydrogens (tertiary/aromatic N) is 5. The van der Waals surface area contributed by atoms with Crippen molar-refractivity contribution in [3.63, 3.8) is 0 Å². The van der Waals surface area contributed by atoms with Gasteiger partial charge in [-0.15, -0.1) is 0 Å². The Kier molecular flexibility index (Phi) is 8.79. The van der Waals surface area contributed by atoms with Gasteiger partial charge in [-0.25, -0.2) is 9.97 Å². The average molecular weight is 533 g/mol. The Hall–Kier alpha value is -3.01. The molecule has 2 aromatic heterocycles. The number of hydrogen-bond donors (Lipinski definition) is 3. The molecule has 5 rings (SSSR count). The summed E-state index contributed by atoms with van der Waals surface area (Å²) < 4.78 is 0. The van der Waals surface area contributed by atoms with Crippen LogP contribution in [0.5, 0.6) is 0 Å². The molecule has 210 valence electrons. The fourth-order valence-electron chi connectivity index (χ4n) is 6.73. The lowest BCUT2D eigenvalue weighted by Gasteiger charge is -2.42. The van der Waals surface area contributed by atoms with Gasteiger partial charge in [-0.3, -0.25) is 14.6 Å². The van der Waals surface area contributed by atoms with Crippen molar-refractivity contribution in [2.45, 2.75) is 84.2 Å². The van der Waals surface area contributed by atoms with Gasteiger partial charge in [0, 0.05) is 50.5 Å². The van der Waals surface area contributed by atoms with Crippen LogP contribution in [-0.2, 0) is 31.0 Å². The normalized spacial score (nSPS) is 19.9. The highest BCUT2D eigenvalue weighted by atomic mass is 16.1. The summed E-state index contributed by atoms with van der Waals surface area (Å²) in [5.74, 6) is 1.69. The number of nitrogens with one attached hydrogen (secondary N) is 2. The van der Waals surface area contributed by atoms with Gasteiger partial charge in [0.1, 0.15) is 11.6 Å². The molecule has 2 aliphatic heterocycles. The van der Waals surface area contributed by atoms with Gasteiger partial charge >= 0.3 is 0 Å². The van der Waals surface area contributed by atoms with Crippen LogP contribution in [0, 0.1) is 5.41 Å². The maximum Gasteiger partial charge on any atom is 0.234 e. The van der Waals surface area contributed by atoms with Crippen LogP contribution in [0.25, 0.3) is 0 Å². The largest absolute Gasteiger partial charge is 0.368 e. The van der Waals surface area contributed by atoms with Crippen LogP contribution in [0.2, 0.25) is 0 Å². The second kappa shape index (κ2) is 12.4. The fraction of sp³-hybridized carbons (Fsp3) is 0.567. The summed E-state index contributed by atoms with van der Waals surface area (Å²) in [4.78, 5) is 35.0. The van der Waals surface area contributed by atoms with Crippen molar-refractivity contribution in [2.75, 3.05) is 19.6 Å². The highest BCUT2D eigenvalue weighted by Crippen LogP contribution is 2.44. The van der Waals surface area contributed by atoms with Crippen molar-refractivity contribution < 1.29 is 4.79 Å². The summed E-state index contributed by atoms with van der Waals surface area (Å²) in [6, 6.07) is 9.30. The number of primary amides is 1. The summed E-state index contributed by atoms with van der Waals surface area (Å²) in [5, 5.41) is 0. The Labute approximate surface area is 232 Å². The zero-order valence-corrected chi connectivity index (χ0v) is 23.5. The topological polar surface area (TPSA) is 110 Å². The van der Waals surface area contributed by atoms with Crippen LogP contribution in [0.3, 0.4) is 0 Å². The van der Waals surface area contributed by atoms with Crippen molar-refractivity contribution in [1.82, 2.24) is 34.6 Å². The van der Waals surface area contributed by atoms with Gasteiger partial charge < -0.3 is 20.6 Å². The van der Waals surface area contributed by atoms with E-state index in [9.17, 15) is 4.79 Å². The molecule has 1 spiro atoms. The lowest BCUT2D eigenvalue weighted by molar-refractivity contribution is -0.122. The number of carbonyl (C=O) groups is 1. The molecular weight excluding hydrogens is 488 g/mol. The number of rotatable bonds is 12. The first-order chi connectivity index (χ1) is 19.0. The van der Waals surface area contributed by atoms with Crippen LogP contribution in [0.1, 0.15) is 68.7 Å². The van der Waals surface area contributed by atoms with E-state index in [-0.39, 0.29) is 17.4 Å². The van der Waals surface area contributed by atoms with E-state index < -0.39 is 0 Å². The molecule has 1 unspecified atom stereocenters. The van der Waals surface area contributed by atoms with Crippen LogP contribution in [0.15, 0.2) is 49.1 Å². The number of piperidine rings is 1. The fourth-order valence-corrected chi connectivity index (χ4v) is 6.73. The molecule has 2 aliphatic rings. The average Bonchev–Trinajstić information content (AvgIpc) is 3.70. The van der Waals surface area contributed by atoms with E-state index in [1.165, 1.54) is 24.0 Å². The Morgan fingerprint density at radius 3 is 2.10 bits per heavy atom. The number of nitrogens with two attached hydrogens (primary N) is 1. The monoisotopic (exact) mass is 532 g/mol. The zero-order valence-electron chi connectivity index (χ0n) is 23.5. The van der Waals surface area contributed by atoms with E-state index in [2.05, 4.69) is 72.7 Å². The minimum Gasteiger partial charge on any atom is -0.368 e. The number of aromatic amines is 2. The predicted octanol–water partition coefficient (Wildman–Crippen LogP) is 3.67. The first kappa shape index (κ1) is 27.6. The summed E-state index contributed by atoms with van der Waals surface area (Å²) in [6.07, 6.45) is 12.9. The highest BCUT2D eigenvalue weighted by Gasteiger charge is 2.47. The van der Waals surface area contributed by atoms with Gasteiger partial charge in [0.2, 0.25) is 5.91 Å². The molecule has 1 amide bonds. The van der Waals surface area contributed by atoms with Gasteiger partial charge in [-0.1, -0.05) is 38.1 Å². The number of benzene rings is 1. The van der Waals surface area contributed by atoms with Crippen molar-refractivity contribution in [3.8, 4) is 0 Å². The molecular formula is C30H44N8O. The number of H-pyrrole nitrogens is 2. The molecule has 3 aromatic rings. The van der Waals surface area contributed by atoms with Gasteiger partial charge in [-0.2, -0.15) is 0 Å². The number of carbonyl (C=O) groups excluding carboxylic acids is 1. The number of imidazole rings is 2. The van der Waals surface area contributed by atoms with Gasteiger partial charge in [0.25, 0.3) is 0 Å². The molecule has 9 nitrogen and oxygen atoms in total. The summed E-state index contributed by atoms with van der Waals surface area (Å²) >= 11 is 0. The molecule has 9 heteroatoms. The highest BCUT2D eigenvalue weighted by molar-refractivity contribution is 5.80. The number of amides is 1. The summed E-state index contributed by atoms with van der Waals surface area (Å²) in [5.41, 5.74) is 8.59. The van der Waals surface area contributed by atoms with Crippen LogP contribution < -0.4 is 5.73 Å². The van der Waals surface area contributed by atoms with Crippen molar-refractivity contribution >= 4 is 5.91 Å². The molecule has 0 bridgehead atoms. The molecule has 4 N–H and O–H groups in total. The van der Waals surface area contributed by atoms with Gasteiger partial charge in [-0.05, 0) is 61.7 Å². The molecule has 0 saturated carbocycles. The van der Waals surface area contributed by atoms with E-state index in [0.29, 0.717) is 19.1 Å². The maximum absolute atomic E-state index is 12.5. The number of hydrogen-bond acceptors (Lipinski definition) is 6. The first-order valence-electron chi connectivity index (χ1n) is 14.5. The minimum atomic E-state index is -0.183. The Balaban J connectivity index is 1.21. The van der Waals surface area contributed by atoms with Crippen LogP contribution in [-0.4, -0.2) is 72.3 Å². The smallest absolute Gasteiger partial charge is 0.234 e. The molecule has 0 radical (unpaired) electrons. The number of likely N-dealkylation sites (tertiary alicyclic amines) is 2. The Bertz CT molecular complexity index is 1110. The SMILES string of the molecule is CCC(CC)N1CCC2(CC1)CC(C(N)=O)N(Cc1ccc(CN(Cc3ncc[nH]3)Cc3ncc[nH]3)cc1)C2. The quantitative estimate of drug-likeness (QED) is 0.328. The first-order valence-corrected chi connectivity index (χ1v) is 14.5. The minimum absolute atomic E-state index is 0.179. The van der Waals surface area contributed by atoms with Crippen molar-refractivity contribution in [3.05, 3.63) is 71.8 Å². The maximum atomic E-state index is 12.5. The second-order valence-corrected chi connectivity index (χ2v) is 11.6. The van der Waals surface area contributed by atoms with E-state index in [1.807, 2.05) is 12.4 Å². The third kappa shape index (κ3) is 6.77. The molecule has 39 heavy (non-hydrogen) atoms. The van der Waals surface area contributed by atoms with Crippen molar-refractivity contribution in [1.29, 1.82) is 0 Å². The predicted molar refractivity (Wildman–Crippen MR) is 152 cm³/mol. The van der Waals surface area contributed by atoms with E-state index in [1.54, 1.807) is 12.4 Å². The van der Waals surface area contributed by atoms with Crippen molar-refractivity contribution in [2.24, 2.45) is 11.1 Å². The van der Waals surface area contributed by atoms with E-state index >= 15 is 0 Å². The number of aromatic nitrogens is 4. The summed E-state index contributed by atoms with van der Waals surface area (Å²) in [7, 11) is 0. The molecule has 1 atom stereocenters. The van der Waals surface area contributed by atoms with Crippen LogP contribution >= 0.6 is 0 Å². The summed E-state index contributed by atoms with van der Waals surface area (Å²) in [6.45, 7) is 10.8. The molecule has 2 fully saturated rings. The van der Waals surface area contributed by atoms with E-state index in [0.717, 1.165) is 63.6 Å². The lowest BCUT2D eigenvalue weighted by atomic mass is 9.76. The van der Waals surface area contributed by atoms with Crippen LogP contribution in [0.4, 0.5) is 0 Å². The molecule has 0 aliphatic carbocycles. The third-order valence-electron chi connectivity index (χ3n) is 8.92. The molecule has 2 saturated heterocycles. The van der Waals surface area contributed by atoms with Gasteiger partial charge in [0.15, 0.2) is 0 Å². The Morgan fingerprint density at radius 2 is 1.59 bits per heavy atom. The third-order valence-corrected chi connectivity index (χ3v) is 8.92. The van der Waals surface area contributed by atoms with E-state index in [4.69, 9.17) is 5.73 Å². The lowest BCUT2D eigenvalue weighted by Crippen LogP contribution is -2.45. The van der Waals surface area contributed by atoms with Gasteiger partial charge in [0.05, 0.1) is 19.1 Å². The second-order valence-electron chi connectivity index (χ2n) is 11.6. The molecule has 1 aromatic carbocycles. The molecule has 4 heterocycles.